The molecule has 0 atom stereocenters. The highest BCUT2D eigenvalue weighted by Gasteiger charge is 2.14. The zero-order valence-electron chi connectivity index (χ0n) is 13.6. The highest BCUT2D eigenvalue weighted by atomic mass is 16.5. The number of nitrogens with one attached hydrogen (secondary N) is 1. The second-order valence-electron chi connectivity index (χ2n) is 5.78. The molecule has 0 spiro atoms. The van der Waals surface area contributed by atoms with E-state index in [4.69, 9.17) is 4.52 Å². The molecule has 0 aliphatic carbocycles. The number of aryl methyl sites for hydroxylation is 1. The van der Waals surface area contributed by atoms with E-state index in [0.717, 1.165) is 16.5 Å². The maximum atomic E-state index is 12.5. The van der Waals surface area contributed by atoms with Crippen LogP contribution in [0.15, 0.2) is 71.4 Å². The molecule has 5 nitrogen and oxygen atoms in total. The number of benzene rings is 2. The van der Waals surface area contributed by atoms with E-state index in [1.807, 2.05) is 43.3 Å². The summed E-state index contributed by atoms with van der Waals surface area (Å²) in [5.41, 5.74) is 3.19. The van der Waals surface area contributed by atoms with E-state index in [9.17, 15) is 4.79 Å². The number of carbonyl (C=O) groups excluding carboxylic acids is 1. The van der Waals surface area contributed by atoms with Gasteiger partial charge in [-0.05, 0) is 36.8 Å². The zero-order valence-corrected chi connectivity index (χ0v) is 13.6. The van der Waals surface area contributed by atoms with E-state index in [1.165, 1.54) is 0 Å². The van der Waals surface area contributed by atoms with Crippen molar-refractivity contribution in [3.63, 3.8) is 0 Å². The van der Waals surface area contributed by atoms with Gasteiger partial charge in [0.25, 0.3) is 5.91 Å². The van der Waals surface area contributed by atoms with Gasteiger partial charge in [-0.2, -0.15) is 0 Å². The van der Waals surface area contributed by atoms with Crippen LogP contribution in [-0.2, 0) is 0 Å². The Labute approximate surface area is 144 Å². The Morgan fingerprint density at radius 2 is 1.88 bits per heavy atom. The van der Waals surface area contributed by atoms with Crippen LogP contribution < -0.4 is 5.32 Å². The lowest BCUT2D eigenvalue weighted by Gasteiger charge is -2.05. The Morgan fingerprint density at radius 1 is 1.04 bits per heavy atom. The van der Waals surface area contributed by atoms with Gasteiger partial charge >= 0.3 is 0 Å². The molecule has 2 aromatic carbocycles. The summed E-state index contributed by atoms with van der Waals surface area (Å²) < 4.78 is 5.47. The normalized spacial score (nSPS) is 10.8. The minimum Gasteiger partial charge on any atom is -0.355 e. The Bertz CT molecular complexity index is 1040. The fraction of sp³-hybridized carbons (Fsp3) is 0.0500. The van der Waals surface area contributed by atoms with Crippen molar-refractivity contribution in [2.24, 2.45) is 0 Å². The van der Waals surface area contributed by atoms with Crippen molar-refractivity contribution in [1.82, 2.24) is 10.1 Å². The van der Waals surface area contributed by atoms with Crippen LogP contribution >= 0.6 is 0 Å². The number of anilines is 1. The van der Waals surface area contributed by atoms with Crippen molar-refractivity contribution in [3.8, 4) is 11.3 Å². The number of amides is 1. The van der Waals surface area contributed by atoms with E-state index in [2.05, 4.69) is 15.5 Å². The summed E-state index contributed by atoms with van der Waals surface area (Å²) in [4.78, 5) is 16.7. The molecular weight excluding hydrogens is 314 g/mol. The van der Waals surface area contributed by atoms with Crippen molar-refractivity contribution in [1.29, 1.82) is 0 Å². The summed E-state index contributed by atoms with van der Waals surface area (Å²) in [5, 5.41) is 7.67. The number of rotatable bonds is 3. The molecule has 0 radical (unpaired) electrons. The largest absolute Gasteiger partial charge is 0.355 e. The molecule has 2 aromatic heterocycles. The van der Waals surface area contributed by atoms with Crippen molar-refractivity contribution in [2.75, 3.05) is 5.32 Å². The first-order valence-corrected chi connectivity index (χ1v) is 7.89. The van der Waals surface area contributed by atoms with Crippen LogP contribution in [0.25, 0.3) is 22.2 Å². The van der Waals surface area contributed by atoms with Crippen molar-refractivity contribution < 1.29 is 9.32 Å². The van der Waals surface area contributed by atoms with Crippen LogP contribution in [0.4, 0.5) is 5.82 Å². The van der Waals surface area contributed by atoms with Crippen LogP contribution in [0.2, 0.25) is 0 Å². The average molecular weight is 329 g/mol. The Balaban J connectivity index is 1.68. The minimum atomic E-state index is -0.224. The highest BCUT2D eigenvalue weighted by Crippen LogP contribution is 2.29. The first-order valence-electron chi connectivity index (χ1n) is 7.89. The summed E-state index contributed by atoms with van der Waals surface area (Å²) in [6.45, 7) is 1.95. The quantitative estimate of drug-likeness (QED) is 0.603. The molecule has 0 aliphatic heterocycles. The number of pyridine rings is 1. The van der Waals surface area contributed by atoms with Crippen LogP contribution in [0, 0.1) is 6.92 Å². The standard InChI is InChI=1S/C20H15N3O2/c1-13-7-10-18(21-12-13)22-20(24)15-8-9-17-16(11-15)19(25-23-17)14-5-3-2-4-6-14/h2-12H,1H3,(H,21,22,24). The van der Waals surface area contributed by atoms with Crippen molar-refractivity contribution >= 4 is 22.6 Å². The fourth-order valence-electron chi connectivity index (χ4n) is 2.61. The van der Waals surface area contributed by atoms with Gasteiger partial charge < -0.3 is 9.84 Å². The van der Waals surface area contributed by atoms with Gasteiger partial charge in [0.15, 0.2) is 5.76 Å². The zero-order chi connectivity index (χ0) is 17.2. The highest BCUT2D eigenvalue weighted by molar-refractivity contribution is 6.07. The van der Waals surface area contributed by atoms with Gasteiger partial charge in [-0.3, -0.25) is 4.79 Å². The number of hydrogen-bond donors (Lipinski definition) is 1. The molecule has 122 valence electrons. The number of carbonyl (C=O) groups is 1. The molecule has 0 unspecified atom stereocenters. The first kappa shape index (κ1) is 15.1. The fourth-order valence-corrected chi connectivity index (χ4v) is 2.61. The second kappa shape index (κ2) is 6.20. The van der Waals surface area contributed by atoms with Gasteiger partial charge in [-0.1, -0.05) is 41.6 Å². The lowest BCUT2D eigenvalue weighted by atomic mass is 10.1. The molecule has 4 aromatic rings. The molecule has 5 heteroatoms. The SMILES string of the molecule is Cc1ccc(NC(=O)c2ccc3noc(-c4ccccc4)c3c2)nc1. The predicted octanol–water partition coefficient (Wildman–Crippen LogP) is 4.45. The summed E-state index contributed by atoms with van der Waals surface area (Å²) >= 11 is 0. The summed E-state index contributed by atoms with van der Waals surface area (Å²) in [5.74, 6) is 0.946. The van der Waals surface area contributed by atoms with Crippen LogP contribution in [0.5, 0.6) is 0 Å². The van der Waals surface area contributed by atoms with Gasteiger partial charge in [0.2, 0.25) is 0 Å². The van der Waals surface area contributed by atoms with Gasteiger partial charge in [-0.25, -0.2) is 4.98 Å². The predicted molar refractivity (Wildman–Crippen MR) is 96.4 cm³/mol. The molecule has 0 saturated carbocycles. The van der Waals surface area contributed by atoms with Crippen molar-refractivity contribution in [2.45, 2.75) is 6.92 Å². The van der Waals surface area contributed by atoms with E-state index in [-0.39, 0.29) is 5.91 Å². The van der Waals surface area contributed by atoms with Crippen LogP contribution in [0.1, 0.15) is 15.9 Å². The number of aromatic nitrogens is 2. The van der Waals surface area contributed by atoms with Crippen molar-refractivity contribution in [3.05, 3.63) is 78.0 Å². The van der Waals surface area contributed by atoms with E-state index < -0.39 is 0 Å². The second-order valence-corrected chi connectivity index (χ2v) is 5.78. The molecule has 0 bridgehead atoms. The number of hydrogen-bond acceptors (Lipinski definition) is 4. The molecule has 1 N–H and O–H groups in total. The van der Waals surface area contributed by atoms with Gasteiger partial charge in [-0.15, -0.1) is 0 Å². The Hall–Kier alpha value is -3.47. The maximum Gasteiger partial charge on any atom is 0.256 e. The smallest absolute Gasteiger partial charge is 0.256 e. The third kappa shape index (κ3) is 2.99. The van der Waals surface area contributed by atoms with E-state index >= 15 is 0 Å². The molecular formula is C20H15N3O2. The minimum absolute atomic E-state index is 0.224. The first-order chi connectivity index (χ1) is 12.2. The van der Waals surface area contributed by atoms with Gasteiger partial charge in [0.1, 0.15) is 11.3 Å². The van der Waals surface area contributed by atoms with E-state index in [1.54, 1.807) is 30.5 Å². The monoisotopic (exact) mass is 329 g/mol. The number of nitrogens with zero attached hydrogens (tertiary/aromatic N) is 2. The molecule has 0 aliphatic rings. The molecule has 25 heavy (non-hydrogen) atoms. The topological polar surface area (TPSA) is 68.0 Å². The number of fused-ring (bicyclic) bond motifs is 1. The third-order valence-corrected chi connectivity index (χ3v) is 3.93. The summed E-state index contributed by atoms with van der Waals surface area (Å²) in [6, 6.07) is 18.7. The molecule has 1 amide bonds. The van der Waals surface area contributed by atoms with E-state index in [0.29, 0.717) is 22.7 Å². The lowest BCUT2D eigenvalue weighted by Crippen LogP contribution is -2.12. The average Bonchev–Trinajstić information content (AvgIpc) is 3.07. The summed E-state index contributed by atoms with van der Waals surface area (Å²) in [6.07, 6.45) is 1.71. The third-order valence-electron chi connectivity index (χ3n) is 3.93. The Kier molecular flexibility index (Phi) is 3.74. The lowest BCUT2D eigenvalue weighted by molar-refractivity contribution is 0.102. The Morgan fingerprint density at radius 3 is 2.64 bits per heavy atom. The molecule has 2 heterocycles. The maximum absolute atomic E-state index is 12.5. The van der Waals surface area contributed by atoms with Crippen LogP contribution in [-0.4, -0.2) is 16.0 Å². The van der Waals surface area contributed by atoms with Crippen LogP contribution in [0.3, 0.4) is 0 Å². The molecule has 4 rings (SSSR count). The molecule has 0 saturated heterocycles. The molecule has 0 fully saturated rings. The van der Waals surface area contributed by atoms with Gasteiger partial charge in [0, 0.05) is 17.3 Å². The van der Waals surface area contributed by atoms with Gasteiger partial charge in [0.05, 0.1) is 5.39 Å². The summed E-state index contributed by atoms with van der Waals surface area (Å²) in [7, 11) is 0.